The van der Waals surface area contributed by atoms with Crippen molar-refractivity contribution < 1.29 is 4.79 Å². The first kappa shape index (κ1) is 12.7. The lowest BCUT2D eigenvalue weighted by Gasteiger charge is -2.03. The van der Waals surface area contributed by atoms with Gasteiger partial charge in [-0.1, -0.05) is 12.1 Å². The summed E-state index contributed by atoms with van der Waals surface area (Å²) < 4.78 is 1.66. The molecule has 0 spiro atoms. The van der Waals surface area contributed by atoms with Crippen molar-refractivity contribution in [1.82, 2.24) is 15.1 Å². The van der Waals surface area contributed by atoms with E-state index in [0.29, 0.717) is 5.92 Å². The van der Waals surface area contributed by atoms with Crippen LogP contribution in [0.5, 0.6) is 0 Å². The van der Waals surface area contributed by atoms with Gasteiger partial charge in [0.25, 0.3) is 0 Å². The largest absolute Gasteiger partial charge is 0.399 e. The number of nitrogen functional groups attached to an aromatic ring is 1. The number of carbonyl (C=O) groups excluding carboxylic acids is 1. The lowest BCUT2D eigenvalue weighted by molar-refractivity contribution is -0.121. The third-order valence-electron chi connectivity index (χ3n) is 3.47. The average Bonchev–Trinajstić information content (AvgIpc) is 3.16. The Labute approximate surface area is 117 Å². The van der Waals surface area contributed by atoms with Gasteiger partial charge in [0, 0.05) is 24.0 Å². The first-order valence-corrected chi connectivity index (χ1v) is 6.86. The van der Waals surface area contributed by atoms with Crippen LogP contribution in [0.3, 0.4) is 0 Å². The first-order chi connectivity index (χ1) is 9.70. The summed E-state index contributed by atoms with van der Waals surface area (Å²) in [5.41, 5.74) is 8.43. The van der Waals surface area contributed by atoms with E-state index < -0.39 is 0 Å². The molecule has 5 heteroatoms. The molecule has 1 heterocycles. The lowest BCUT2D eigenvalue weighted by atomic mass is 10.1. The molecule has 1 aromatic carbocycles. The summed E-state index contributed by atoms with van der Waals surface area (Å²) in [5.74, 6) is 0.714. The second-order valence-electron chi connectivity index (χ2n) is 5.30. The Morgan fingerprint density at radius 2 is 2.05 bits per heavy atom. The number of nitrogens with zero attached hydrogens (tertiary/aromatic N) is 2. The maximum absolute atomic E-state index is 11.7. The van der Waals surface area contributed by atoms with Crippen molar-refractivity contribution in [3.63, 3.8) is 0 Å². The van der Waals surface area contributed by atoms with Crippen molar-refractivity contribution in [3.8, 4) is 11.1 Å². The van der Waals surface area contributed by atoms with Gasteiger partial charge in [-0.15, -0.1) is 0 Å². The SMILES string of the molecule is Nc1ccc(-c2cnn(CC(=O)NCC3CC3)c2)cc1. The summed E-state index contributed by atoms with van der Waals surface area (Å²) in [6, 6.07) is 7.61. The zero-order chi connectivity index (χ0) is 13.9. The molecule has 3 N–H and O–H groups in total. The number of nitrogens with two attached hydrogens (primary N) is 1. The van der Waals surface area contributed by atoms with E-state index in [1.807, 2.05) is 30.5 Å². The normalized spacial score (nSPS) is 14.2. The second kappa shape index (κ2) is 5.36. The standard InChI is InChI=1S/C15H18N4O/c16-14-5-3-12(4-6-14)13-8-18-19(9-13)10-15(20)17-7-11-1-2-11/h3-6,8-9,11H,1-2,7,10,16H2,(H,17,20). The minimum absolute atomic E-state index is 0.0175. The van der Waals surface area contributed by atoms with Crippen LogP contribution in [0.25, 0.3) is 11.1 Å². The van der Waals surface area contributed by atoms with Crippen LogP contribution in [0.15, 0.2) is 36.7 Å². The Bertz CT molecular complexity index is 599. The molecule has 1 saturated carbocycles. The molecule has 1 amide bonds. The van der Waals surface area contributed by atoms with Crippen molar-refractivity contribution in [2.45, 2.75) is 19.4 Å². The van der Waals surface area contributed by atoms with E-state index in [1.54, 1.807) is 10.9 Å². The monoisotopic (exact) mass is 270 g/mol. The van der Waals surface area contributed by atoms with Crippen molar-refractivity contribution in [2.24, 2.45) is 5.92 Å². The molecule has 0 unspecified atom stereocenters. The van der Waals surface area contributed by atoms with Crippen LogP contribution in [-0.4, -0.2) is 22.2 Å². The number of nitrogens with one attached hydrogen (secondary N) is 1. The van der Waals surface area contributed by atoms with Gasteiger partial charge >= 0.3 is 0 Å². The number of hydrogen-bond donors (Lipinski definition) is 2. The van der Waals surface area contributed by atoms with Gasteiger partial charge in [-0.05, 0) is 36.5 Å². The second-order valence-corrected chi connectivity index (χ2v) is 5.30. The summed E-state index contributed by atoms with van der Waals surface area (Å²) in [7, 11) is 0. The molecule has 1 aromatic heterocycles. The maximum Gasteiger partial charge on any atom is 0.241 e. The van der Waals surface area contributed by atoms with Crippen molar-refractivity contribution >= 4 is 11.6 Å². The number of aromatic nitrogens is 2. The van der Waals surface area contributed by atoms with Crippen LogP contribution in [0.1, 0.15) is 12.8 Å². The third kappa shape index (κ3) is 3.17. The van der Waals surface area contributed by atoms with Gasteiger partial charge in [-0.3, -0.25) is 9.48 Å². The van der Waals surface area contributed by atoms with E-state index in [2.05, 4.69) is 10.4 Å². The average molecular weight is 270 g/mol. The molecule has 3 rings (SSSR count). The van der Waals surface area contributed by atoms with Gasteiger partial charge in [0.1, 0.15) is 6.54 Å². The molecule has 1 aliphatic rings. The molecule has 20 heavy (non-hydrogen) atoms. The van der Waals surface area contributed by atoms with E-state index in [9.17, 15) is 4.79 Å². The van der Waals surface area contributed by atoms with E-state index in [1.165, 1.54) is 12.8 Å². The van der Waals surface area contributed by atoms with Gasteiger partial charge in [0.2, 0.25) is 5.91 Å². The first-order valence-electron chi connectivity index (χ1n) is 6.86. The Balaban J connectivity index is 1.60. The summed E-state index contributed by atoms with van der Waals surface area (Å²) in [5, 5.41) is 7.16. The summed E-state index contributed by atoms with van der Waals surface area (Å²) in [6.07, 6.45) is 6.12. The fourth-order valence-electron chi connectivity index (χ4n) is 2.06. The summed E-state index contributed by atoms with van der Waals surface area (Å²) in [6.45, 7) is 1.06. The Morgan fingerprint density at radius 3 is 2.75 bits per heavy atom. The molecule has 5 nitrogen and oxygen atoms in total. The number of amides is 1. The topological polar surface area (TPSA) is 72.9 Å². The molecule has 1 fully saturated rings. The molecule has 0 bridgehead atoms. The highest BCUT2D eigenvalue weighted by Crippen LogP contribution is 2.27. The molecule has 104 valence electrons. The zero-order valence-corrected chi connectivity index (χ0v) is 11.2. The van der Waals surface area contributed by atoms with E-state index in [4.69, 9.17) is 5.73 Å². The third-order valence-corrected chi connectivity index (χ3v) is 3.47. The highest BCUT2D eigenvalue weighted by molar-refractivity contribution is 5.75. The fraction of sp³-hybridized carbons (Fsp3) is 0.333. The number of rotatable bonds is 5. The van der Waals surface area contributed by atoms with Gasteiger partial charge in [-0.25, -0.2) is 0 Å². The van der Waals surface area contributed by atoms with Crippen molar-refractivity contribution in [2.75, 3.05) is 12.3 Å². The Kier molecular flexibility index (Phi) is 3.41. The van der Waals surface area contributed by atoms with Crippen LogP contribution < -0.4 is 11.1 Å². The highest BCUT2D eigenvalue weighted by Gasteiger charge is 2.21. The summed E-state index contributed by atoms with van der Waals surface area (Å²) >= 11 is 0. The highest BCUT2D eigenvalue weighted by atomic mass is 16.2. The predicted molar refractivity (Wildman–Crippen MR) is 77.8 cm³/mol. The smallest absolute Gasteiger partial charge is 0.241 e. The predicted octanol–water partition coefficient (Wildman–Crippen LogP) is 1.66. The number of anilines is 1. The minimum Gasteiger partial charge on any atom is -0.399 e. The van der Waals surface area contributed by atoms with Crippen LogP contribution in [0.4, 0.5) is 5.69 Å². The molecule has 0 aliphatic heterocycles. The van der Waals surface area contributed by atoms with Crippen LogP contribution in [0.2, 0.25) is 0 Å². The quantitative estimate of drug-likeness (QED) is 0.811. The van der Waals surface area contributed by atoms with E-state index in [0.717, 1.165) is 23.4 Å². The lowest BCUT2D eigenvalue weighted by Crippen LogP contribution is -2.29. The van der Waals surface area contributed by atoms with Gasteiger partial charge in [0.15, 0.2) is 0 Å². The van der Waals surface area contributed by atoms with Crippen molar-refractivity contribution in [3.05, 3.63) is 36.7 Å². The fourth-order valence-corrected chi connectivity index (χ4v) is 2.06. The Morgan fingerprint density at radius 1 is 1.30 bits per heavy atom. The van der Waals surface area contributed by atoms with Crippen molar-refractivity contribution in [1.29, 1.82) is 0 Å². The van der Waals surface area contributed by atoms with E-state index in [-0.39, 0.29) is 12.5 Å². The van der Waals surface area contributed by atoms with Crippen LogP contribution in [0, 0.1) is 5.92 Å². The molecule has 0 radical (unpaired) electrons. The molecule has 1 aliphatic carbocycles. The van der Waals surface area contributed by atoms with Gasteiger partial charge < -0.3 is 11.1 Å². The molecule has 0 atom stereocenters. The number of benzene rings is 1. The molecular formula is C15H18N4O. The van der Waals surface area contributed by atoms with Gasteiger partial charge in [0.05, 0.1) is 6.20 Å². The minimum atomic E-state index is 0.0175. The van der Waals surface area contributed by atoms with E-state index >= 15 is 0 Å². The molecule has 2 aromatic rings. The zero-order valence-electron chi connectivity index (χ0n) is 11.2. The number of hydrogen-bond acceptors (Lipinski definition) is 3. The number of carbonyl (C=O) groups is 1. The molecule has 0 saturated heterocycles. The van der Waals surface area contributed by atoms with Gasteiger partial charge in [-0.2, -0.15) is 5.10 Å². The summed E-state index contributed by atoms with van der Waals surface area (Å²) in [4.78, 5) is 11.7. The molecular weight excluding hydrogens is 252 g/mol. The Hall–Kier alpha value is -2.30. The van der Waals surface area contributed by atoms with Crippen LogP contribution >= 0.6 is 0 Å². The van der Waals surface area contributed by atoms with Crippen LogP contribution in [-0.2, 0) is 11.3 Å². The maximum atomic E-state index is 11.7.